The summed E-state index contributed by atoms with van der Waals surface area (Å²) in [5, 5.41) is 3.59. The Hall–Kier alpha value is -1.25. The van der Waals surface area contributed by atoms with Gasteiger partial charge in [0.1, 0.15) is 5.82 Å². The molecule has 0 amide bonds. The molecule has 0 fully saturated rings. The fraction of sp³-hybridized carbons (Fsp3) is 0.250. The van der Waals surface area contributed by atoms with E-state index >= 15 is 0 Å². The summed E-state index contributed by atoms with van der Waals surface area (Å²) in [5.41, 5.74) is 8.64. The Morgan fingerprint density at radius 1 is 1.54 bits per heavy atom. The normalized spacial score (nSPS) is 8.46. The molecule has 0 aliphatic heterocycles. The van der Waals surface area contributed by atoms with Crippen molar-refractivity contribution in [2.45, 2.75) is 14.0 Å². The highest BCUT2D eigenvalue weighted by atomic mass is 35.5. The molecule has 1 aromatic carbocycles. The van der Waals surface area contributed by atoms with Crippen molar-refractivity contribution in [2.24, 2.45) is 5.11 Å². The molecule has 13 heavy (non-hydrogen) atoms. The summed E-state index contributed by atoms with van der Waals surface area (Å²) in [7, 11) is 0. The van der Waals surface area contributed by atoms with Gasteiger partial charge in [-0.2, -0.15) is 0 Å². The highest BCUT2D eigenvalue weighted by Gasteiger charge is 1.99. The first-order valence-corrected chi connectivity index (χ1v) is 3.56. The summed E-state index contributed by atoms with van der Waals surface area (Å²) in [6.07, 6.45) is 0. The topological polar surface area (TPSA) is 48.8 Å². The highest BCUT2D eigenvalue weighted by molar-refractivity contribution is 6.31. The molecule has 0 unspecified atom stereocenters. The third kappa shape index (κ3) is 3.32. The van der Waals surface area contributed by atoms with E-state index in [0.29, 0.717) is 5.56 Å². The first kappa shape index (κ1) is 11.8. The van der Waals surface area contributed by atoms with Gasteiger partial charge in [0.05, 0.1) is 6.54 Å². The van der Waals surface area contributed by atoms with Gasteiger partial charge >= 0.3 is 0 Å². The molecule has 0 bridgehead atoms. The molecule has 0 saturated carbocycles. The minimum atomic E-state index is -0.398. The van der Waals surface area contributed by atoms with Crippen molar-refractivity contribution in [3.8, 4) is 0 Å². The molecule has 5 heteroatoms. The first-order valence-electron chi connectivity index (χ1n) is 3.19. The molecular weight excluding hydrogens is 193 g/mol. The standard InChI is InChI=1S/C7H5ClFN3.CH4/c8-7-3-6(9)2-1-5(7)4-11-12-10;/h1-3H,4H2;1H4. The van der Waals surface area contributed by atoms with Crippen LogP contribution >= 0.6 is 11.6 Å². The Balaban J connectivity index is 0.00000144. The lowest BCUT2D eigenvalue weighted by atomic mass is 10.2. The molecule has 1 aromatic rings. The van der Waals surface area contributed by atoms with Crippen LogP contribution in [0.5, 0.6) is 0 Å². The monoisotopic (exact) mass is 201 g/mol. The van der Waals surface area contributed by atoms with E-state index in [2.05, 4.69) is 10.0 Å². The molecule has 0 atom stereocenters. The Kier molecular flexibility index (Phi) is 4.89. The quantitative estimate of drug-likeness (QED) is 0.396. The van der Waals surface area contributed by atoms with Crippen molar-refractivity contribution < 1.29 is 4.39 Å². The Morgan fingerprint density at radius 2 is 2.23 bits per heavy atom. The van der Waals surface area contributed by atoms with E-state index in [4.69, 9.17) is 17.1 Å². The van der Waals surface area contributed by atoms with E-state index in [1.54, 1.807) is 0 Å². The molecule has 0 spiro atoms. The smallest absolute Gasteiger partial charge is 0.124 e. The number of azide groups is 1. The molecule has 3 nitrogen and oxygen atoms in total. The second-order valence-corrected chi connectivity index (χ2v) is 2.53. The van der Waals surface area contributed by atoms with Gasteiger partial charge in [0.15, 0.2) is 0 Å². The van der Waals surface area contributed by atoms with E-state index in [1.807, 2.05) is 0 Å². The van der Waals surface area contributed by atoms with Gasteiger partial charge in [0.2, 0.25) is 0 Å². The maximum absolute atomic E-state index is 12.5. The van der Waals surface area contributed by atoms with Crippen molar-refractivity contribution >= 4 is 11.6 Å². The van der Waals surface area contributed by atoms with Crippen LogP contribution in [0, 0.1) is 5.82 Å². The number of rotatable bonds is 2. The summed E-state index contributed by atoms with van der Waals surface area (Å²) in [5.74, 6) is -0.398. The highest BCUT2D eigenvalue weighted by Crippen LogP contribution is 2.17. The van der Waals surface area contributed by atoms with E-state index in [-0.39, 0.29) is 19.0 Å². The van der Waals surface area contributed by atoms with Crippen LogP contribution in [-0.2, 0) is 6.54 Å². The predicted molar refractivity (Wildman–Crippen MR) is 51.0 cm³/mol. The lowest BCUT2D eigenvalue weighted by Gasteiger charge is -1.98. The van der Waals surface area contributed by atoms with E-state index in [0.717, 1.165) is 0 Å². The van der Waals surface area contributed by atoms with Crippen LogP contribution in [0.2, 0.25) is 5.02 Å². The summed E-state index contributed by atoms with van der Waals surface area (Å²) >= 11 is 5.64. The lowest BCUT2D eigenvalue weighted by molar-refractivity contribution is 0.627. The third-order valence-corrected chi connectivity index (χ3v) is 1.67. The zero-order chi connectivity index (χ0) is 8.97. The van der Waals surface area contributed by atoms with Crippen LogP contribution in [-0.4, -0.2) is 0 Å². The van der Waals surface area contributed by atoms with E-state index in [9.17, 15) is 4.39 Å². The Bertz CT molecular complexity index is 334. The average molecular weight is 202 g/mol. The second kappa shape index (κ2) is 5.41. The van der Waals surface area contributed by atoms with Gasteiger partial charge in [-0.25, -0.2) is 4.39 Å². The molecule has 0 heterocycles. The molecule has 0 radical (unpaired) electrons. The molecular formula is C8H9ClFN3. The summed E-state index contributed by atoms with van der Waals surface area (Å²) in [6.45, 7) is 0.148. The van der Waals surface area contributed by atoms with Gasteiger partial charge < -0.3 is 0 Å². The Labute approximate surface area is 80.8 Å². The zero-order valence-corrected chi connectivity index (χ0v) is 6.79. The molecule has 0 aliphatic carbocycles. The number of halogens is 2. The van der Waals surface area contributed by atoms with Crippen molar-refractivity contribution in [1.82, 2.24) is 0 Å². The Morgan fingerprint density at radius 3 is 2.77 bits per heavy atom. The van der Waals surface area contributed by atoms with Gasteiger partial charge in [-0.3, -0.25) is 0 Å². The summed E-state index contributed by atoms with van der Waals surface area (Å²) in [6, 6.07) is 3.95. The van der Waals surface area contributed by atoms with Crippen molar-refractivity contribution in [3.05, 3.63) is 45.0 Å². The maximum Gasteiger partial charge on any atom is 0.124 e. The third-order valence-electron chi connectivity index (χ3n) is 1.32. The van der Waals surface area contributed by atoms with Crippen LogP contribution in [0.25, 0.3) is 10.4 Å². The van der Waals surface area contributed by atoms with Gasteiger partial charge in [-0.15, -0.1) is 0 Å². The van der Waals surface area contributed by atoms with Crippen LogP contribution in [0.4, 0.5) is 4.39 Å². The average Bonchev–Trinajstić information content (AvgIpc) is 2.03. The largest absolute Gasteiger partial charge is 0.207 e. The number of benzene rings is 1. The number of hydrogen-bond donors (Lipinski definition) is 0. The van der Waals surface area contributed by atoms with Gasteiger partial charge in [0, 0.05) is 9.93 Å². The second-order valence-electron chi connectivity index (χ2n) is 2.12. The van der Waals surface area contributed by atoms with E-state index < -0.39 is 5.82 Å². The van der Waals surface area contributed by atoms with Gasteiger partial charge in [-0.1, -0.05) is 30.2 Å². The maximum atomic E-state index is 12.5. The number of hydrogen-bond acceptors (Lipinski definition) is 1. The van der Waals surface area contributed by atoms with Crippen LogP contribution < -0.4 is 0 Å². The predicted octanol–water partition coefficient (Wildman–Crippen LogP) is 3.93. The fourth-order valence-corrected chi connectivity index (χ4v) is 0.985. The molecule has 1 rings (SSSR count). The molecule has 0 saturated heterocycles. The lowest BCUT2D eigenvalue weighted by Crippen LogP contribution is -1.83. The van der Waals surface area contributed by atoms with Gasteiger partial charge in [0.25, 0.3) is 0 Å². The number of nitrogens with zero attached hydrogens (tertiary/aromatic N) is 3. The zero-order valence-electron chi connectivity index (χ0n) is 6.04. The SMILES string of the molecule is C.[N-]=[N+]=NCc1ccc(F)cc1Cl. The van der Waals surface area contributed by atoms with Crippen molar-refractivity contribution in [1.29, 1.82) is 0 Å². The van der Waals surface area contributed by atoms with Crippen molar-refractivity contribution in [3.63, 3.8) is 0 Å². The first-order chi connectivity index (χ1) is 5.74. The summed E-state index contributed by atoms with van der Waals surface area (Å²) < 4.78 is 12.5. The van der Waals surface area contributed by atoms with Crippen LogP contribution in [0.1, 0.15) is 13.0 Å². The molecule has 0 aliphatic rings. The molecule has 70 valence electrons. The molecule has 0 N–H and O–H groups in total. The fourth-order valence-electron chi connectivity index (χ4n) is 0.758. The summed E-state index contributed by atoms with van der Waals surface area (Å²) in [4.78, 5) is 2.57. The van der Waals surface area contributed by atoms with Gasteiger partial charge in [-0.05, 0) is 23.2 Å². The molecule has 0 aromatic heterocycles. The van der Waals surface area contributed by atoms with Crippen molar-refractivity contribution in [2.75, 3.05) is 0 Å². The minimum absolute atomic E-state index is 0. The van der Waals surface area contributed by atoms with E-state index in [1.165, 1.54) is 18.2 Å². The van der Waals surface area contributed by atoms with Crippen LogP contribution in [0.15, 0.2) is 23.3 Å². The van der Waals surface area contributed by atoms with Crippen LogP contribution in [0.3, 0.4) is 0 Å². The minimum Gasteiger partial charge on any atom is -0.207 e.